The van der Waals surface area contributed by atoms with Gasteiger partial charge in [-0.25, -0.2) is 0 Å². The van der Waals surface area contributed by atoms with Crippen LogP contribution >= 0.6 is 0 Å². The fraction of sp³-hybridized carbons (Fsp3) is 0.312. The largest absolute Gasteiger partial charge is 0.497 e. The number of methoxy groups -OCH3 is 1. The van der Waals surface area contributed by atoms with Gasteiger partial charge in [0.05, 0.1) is 18.6 Å². The fourth-order valence-corrected chi connectivity index (χ4v) is 2.05. The molecule has 98 valence electrons. The van der Waals surface area contributed by atoms with Crippen molar-refractivity contribution in [1.82, 2.24) is 0 Å². The molecule has 0 aromatic heterocycles. The molecular formula is C16H18N2O. The van der Waals surface area contributed by atoms with Gasteiger partial charge in [-0.15, -0.1) is 0 Å². The molecule has 3 heteroatoms. The van der Waals surface area contributed by atoms with Crippen molar-refractivity contribution in [2.75, 3.05) is 7.11 Å². The molecule has 0 amide bonds. The molecule has 0 fully saturated rings. The van der Waals surface area contributed by atoms with E-state index in [1.165, 1.54) is 0 Å². The van der Waals surface area contributed by atoms with E-state index in [0.29, 0.717) is 0 Å². The van der Waals surface area contributed by atoms with E-state index >= 15 is 0 Å². The molecule has 2 rings (SSSR count). The van der Waals surface area contributed by atoms with Crippen molar-refractivity contribution in [3.8, 4) is 11.8 Å². The molecule has 0 aliphatic heterocycles. The zero-order chi connectivity index (χ0) is 14.0. The van der Waals surface area contributed by atoms with Crippen LogP contribution in [0.3, 0.4) is 0 Å². The quantitative estimate of drug-likeness (QED) is 0.913. The Kier molecular flexibility index (Phi) is 3.46. The molecule has 0 radical (unpaired) electrons. The number of ether oxygens (including phenoxy) is 1. The lowest BCUT2D eigenvalue weighted by Crippen LogP contribution is -2.27. The lowest BCUT2D eigenvalue weighted by molar-refractivity contribution is 0.394. The minimum absolute atomic E-state index is 0.302. The van der Waals surface area contributed by atoms with Crippen LogP contribution in [0.4, 0.5) is 0 Å². The Morgan fingerprint density at radius 2 is 1.79 bits per heavy atom. The van der Waals surface area contributed by atoms with E-state index in [9.17, 15) is 0 Å². The van der Waals surface area contributed by atoms with Gasteiger partial charge in [0.25, 0.3) is 0 Å². The van der Waals surface area contributed by atoms with E-state index in [2.05, 4.69) is 6.07 Å². The third-order valence-electron chi connectivity index (χ3n) is 3.50. The number of fused-ring (bicyclic) bond motifs is 1. The normalized spacial score (nSPS) is 13.0. The summed E-state index contributed by atoms with van der Waals surface area (Å²) in [5, 5.41) is 11.4. The summed E-state index contributed by atoms with van der Waals surface area (Å²) in [7, 11) is 1.65. The predicted molar refractivity (Wildman–Crippen MR) is 76.8 cm³/mol. The maximum absolute atomic E-state index is 9.16. The second-order valence-electron chi connectivity index (χ2n) is 5.28. The third-order valence-corrected chi connectivity index (χ3v) is 3.50. The molecule has 0 heterocycles. The van der Waals surface area contributed by atoms with E-state index < -0.39 is 5.41 Å². The number of rotatable bonds is 3. The standard InChI is InChI=1S/C16H18N2O/c1-16(2,10-17)15(18)13-5-4-12-9-14(19-3)7-6-11(12)8-13/h4-9,15H,18H2,1-3H3. The predicted octanol–water partition coefficient (Wildman–Crippen LogP) is 3.40. The molecule has 19 heavy (non-hydrogen) atoms. The molecule has 2 aromatic carbocycles. The van der Waals surface area contributed by atoms with Crippen LogP contribution in [0.2, 0.25) is 0 Å². The SMILES string of the molecule is COc1ccc2cc(C(N)C(C)(C)C#N)ccc2c1. The highest BCUT2D eigenvalue weighted by molar-refractivity contribution is 5.84. The molecule has 1 unspecified atom stereocenters. The van der Waals surface area contributed by atoms with E-state index in [-0.39, 0.29) is 6.04 Å². The summed E-state index contributed by atoms with van der Waals surface area (Å²) in [4.78, 5) is 0. The second-order valence-corrected chi connectivity index (χ2v) is 5.28. The lowest BCUT2D eigenvalue weighted by atomic mass is 9.82. The summed E-state index contributed by atoms with van der Waals surface area (Å²) in [6, 6.07) is 13.9. The zero-order valence-corrected chi connectivity index (χ0v) is 11.5. The Bertz CT molecular complexity index is 641. The minimum atomic E-state index is -0.583. The first-order valence-electron chi connectivity index (χ1n) is 6.22. The maximum Gasteiger partial charge on any atom is 0.119 e. The molecule has 2 N–H and O–H groups in total. The van der Waals surface area contributed by atoms with Gasteiger partial charge in [0.1, 0.15) is 5.75 Å². The van der Waals surface area contributed by atoms with Crippen LogP contribution in [0, 0.1) is 16.7 Å². The molecule has 0 bridgehead atoms. The lowest BCUT2D eigenvalue weighted by Gasteiger charge is -2.24. The highest BCUT2D eigenvalue weighted by atomic mass is 16.5. The number of hydrogen-bond donors (Lipinski definition) is 1. The van der Waals surface area contributed by atoms with E-state index in [0.717, 1.165) is 22.1 Å². The van der Waals surface area contributed by atoms with Gasteiger partial charge in [-0.1, -0.05) is 18.2 Å². The minimum Gasteiger partial charge on any atom is -0.497 e. The summed E-state index contributed by atoms with van der Waals surface area (Å²) >= 11 is 0. The van der Waals surface area contributed by atoms with Gasteiger partial charge in [-0.3, -0.25) is 0 Å². The monoisotopic (exact) mass is 254 g/mol. The first kappa shape index (κ1) is 13.4. The highest BCUT2D eigenvalue weighted by Gasteiger charge is 2.27. The van der Waals surface area contributed by atoms with Crippen molar-refractivity contribution in [2.24, 2.45) is 11.1 Å². The zero-order valence-electron chi connectivity index (χ0n) is 11.5. The number of hydrogen-bond acceptors (Lipinski definition) is 3. The van der Waals surface area contributed by atoms with Gasteiger partial charge >= 0.3 is 0 Å². The Hall–Kier alpha value is -2.05. The number of nitrogens with two attached hydrogens (primary N) is 1. The first-order valence-corrected chi connectivity index (χ1v) is 6.22. The topological polar surface area (TPSA) is 59.0 Å². The van der Waals surface area contributed by atoms with Crippen molar-refractivity contribution in [3.05, 3.63) is 42.0 Å². The van der Waals surface area contributed by atoms with Gasteiger partial charge < -0.3 is 10.5 Å². The molecule has 0 spiro atoms. The van der Waals surface area contributed by atoms with Gasteiger partial charge in [0, 0.05) is 6.04 Å². The van der Waals surface area contributed by atoms with Gasteiger partial charge in [0.15, 0.2) is 0 Å². The number of nitrogens with zero attached hydrogens (tertiary/aromatic N) is 1. The van der Waals surface area contributed by atoms with Crippen LogP contribution in [0.15, 0.2) is 36.4 Å². The van der Waals surface area contributed by atoms with Crippen molar-refractivity contribution >= 4 is 10.8 Å². The van der Waals surface area contributed by atoms with Crippen molar-refractivity contribution in [2.45, 2.75) is 19.9 Å². The maximum atomic E-state index is 9.16. The summed E-state index contributed by atoms with van der Waals surface area (Å²) < 4.78 is 5.20. The molecule has 0 saturated carbocycles. The van der Waals surface area contributed by atoms with Crippen molar-refractivity contribution in [3.63, 3.8) is 0 Å². The molecule has 1 atom stereocenters. The summed E-state index contributed by atoms with van der Waals surface area (Å²) in [6.07, 6.45) is 0. The van der Waals surface area contributed by atoms with Crippen molar-refractivity contribution in [1.29, 1.82) is 5.26 Å². The van der Waals surface area contributed by atoms with Crippen LogP contribution in [-0.4, -0.2) is 7.11 Å². The Labute approximate surface area is 113 Å². The highest BCUT2D eigenvalue weighted by Crippen LogP contribution is 2.32. The van der Waals surface area contributed by atoms with Crippen LogP contribution in [-0.2, 0) is 0 Å². The Morgan fingerprint density at radius 1 is 1.16 bits per heavy atom. The summed E-state index contributed by atoms with van der Waals surface area (Å²) in [6.45, 7) is 3.71. The summed E-state index contributed by atoms with van der Waals surface area (Å²) in [5.74, 6) is 0.835. The fourth-order valence-electron chi connectivity index (χ4n) is 2.05. The molecular weight excluding hydrogens is 236 g/mol. The second kappa shape index (κ2) is 4.91. The first-order chi connectivity index (χ1) is 8.97. The summed E-state index contributed by atoms with van der Waals surface area (Å²) in [5.41, 5.74) is 6.58. The van der Waals surface area contributed by atoms with Gasteiger partial charge in [-0.05, 0) is 48.4 Å². The number of nitriles is 1. The molecule has 0 saturated heterocycles. The Morgan fingerprint density at radius 3 is 2.42 bits per heavy atom. The van der Waals surface area contributed by atoms with Crippen LogP contribution in [0.5, 0.6) is 5.75 Å². The van der Waals surface area contributed by atoms with Crippen LogP contribution in [0.25, 0.3) is 10.8 Å². The van der Waals surface area contributed by atoms with Crippen molar-refractivity contribution < 1.29 is 4.74 Å². The Balaban J connectivity index is 2.46. The average molecular weight is 254 g/mol. The number of benzene rings is 2. The van der Waals surface area contributed by atoms with Crippen LogP contribution < -0.4 is 10.5 Å². The van der Waals surface area contributed by atoms with E-state index in [1.54, 1.807) is 7.11 Å². The van der Waals surface area contributed by atoms with Crippen LogP contribution in [0.1, 0.15) is 25.5 Å². The van der Waals surface area contributed by atoms with Gasteiger partial charge in [0.2, 0.25) is 0 Å². The third kappa shape index (κ3) is 2.54. The molecule has 2 aromatic rings. The molecule has 3 nitrogen and oxygen atoms in total. The molecule has 0 aliphatic rings. The smallest absolute Gasteiger partial charge is 0.119 e. The van der Waals surface area contributed by atoms with E-state index in [1.807, 2.05) is 50.2 Å². The van der Waals surface area contributed by atoms with Gasteiger partial charge in [-0.2, -0.15) is 5.26 Å². The average Bonchev–Trinajstić information content (AvgIpc) is 2.45. The van der Waals surface area contributed by atoms with E-state index in [4.69, 9.17) is 15.7 Å². The molecule has 0 aliphatic carbocycles.